The van der Waals surface area contributed by atoms with Crippen molar-refractivity contribution in [3.8, 4) is 0 Å². The molecule has 1 heterocycles. The van der Waals surface area contributed by atoms with Gasteiger partial charge in [0.25, 0.3) is 0 Å². The molecule has 3 rings (SSSR count). The average molecular weight is 393 g/mol. The minimum Gasteiger partial charge on any atom is -0.296 e. The fourth-order valence-electron chi connectivity index (χ4n) is 3.14. The van der Waals surface area contributed by atoms with Gasteiger partial charge < -0.3 is 0 Å². The second kappa shape index (κ2) is 7.71. The van der Waals surface area contributed by atoms with Crippen LogP contribution in [-0.2, 0) is 16.6 Å². The molecule has 0 spiro atoms. The topological polar surface area (TPSA) is 83.8 Å². The van der Waals surface area contributed by atoms with Gasteiger partial charge in [-0.25, -0.2) is 8.42 Å². The van der Waals surface area contributed by atoms with E-state index in [4.69, 9.17) is 0 Å². The maximum atomic E-state index is 13.5. The molecule has 144 valence electrons. The third-order valence-electron chi connectivity index (χ3n) is 4.57. The molecule has 1 fully saturated rings. The summed E-state index contributed by atoms with van der Waals surface area (Å²) >= 11 is 0. The first-order valence-corrected chi connectivity index (χ1v) is 9.93. The van der Waals surface area contributed by atoms with Crippen LogP contribution in [0.4, 0.5) is 10.1 Å². The maximum Gasteiger partial charge on any atom is 0.306 e. The summed E-state index contributed by atoms with van der Waals surface area (Å²) in [5, 5.41) is 10.9. The van der Waals surface area contributed by atoms with Gasteiger partial charge >= 0.3 is 5.69 Å². The SMILES string of the molecule is Cc1cccc(CN2CCN(S(=O)(=O)c3ccc(F)c([N+](=O)[O-])c3)CC2)c1. The smallest absolute Gasteiger partial charge is 0.296 e. The fraction of sp³-hybridized carbons (Fsp3) is 0.333. The quantitative estimate of drug-likeness (QED) is 0.576. The van der Waals surface area contributed by atoms with E-state index in [0.29, 0.717) is 13.1 Å². The predicted octanol–water partition coefficient (Wildman–Crippen LogP) is 2.55. The van der Waals surface area contributed by atoms with Gasteiger partial charge in [-0.2, -0.15) is 8.70 Å². The molecule has 0 amide bonds. The van der Waals surface area contributed by atoms with Gasteiger partial charge in [0, 0.05) is 38.8 Å². The zero-order valence-electron chi connectivity index (χ0n) is 14.8. The fourth-order valence-corrected chi connectivity index (χ4v) is 4.58. The summed E-state index contributed by atoms with van der Waals surface area (Å²) in [6, 6.07) is 10.8. The normalized spacial score (nSPS) is 16.4. The third kappa shape index (κ3) is 4.32. The van der Waals surface area contributed by atoms with Gasteiger partial charge in [-0.05, 0) is 24.6 Å². The van der Waals surface area contributed by atoms with Crippen LogP contribution in [0.3, 0.4) is 0 Å². The van der Waals surface area contributed by atoms with Crippen LogP contribution < -0.4 is 0 Å². The van der Waals surface area contributed by atoms with Gasteiger partial charge in [-0.3, -0.25) is 15.0 Å². The summed E-state index contributed by atoms with van der Waals surface area (Å²) in [6.07, 6.45) is 0. The molecule has 0 bridgehead atoms. The predicted molar refractivity (Wildman–Crippen MR) is 98.3 cm³/mol. The highest BCUT2D eigenvalue weighted by atomic mass is 32.2. The number of aryl methyl sites for hydroxylation is 1. The molecule has 1 saturated heterocycles. The van der Waals surface area contributed by atoms with Crippen molar-refractivity contribution in [3.63, 3.8) is 0 Å². The van der Waals surface area contributed by atoms with Crippen molar-refractivity contribution >= 4 is 15.7 Å². The average Bonchev–Trinajstić information content (AvgIpc) is 2.62. The van der Waals surface area contributed by atoms with Crippen LogP contribution in [0.2, 0.25) is 0 Å². The van der Waals surface area contributed by atoms with E-state index in [2.05, 4.69) is 11.0 Å². The number of piperazine rings is 1. The minimum absolute atomic E-state index is 0.261. The summed E-state index contributed by atoms with van der Waals surface area (Å²) in [5.74, 6) is -1.05. The molecule has 9 heteroatoms. The van der Waals surface area contributed by atoms with E-state index in [-0.39, 0.29) is 18.0 Å². The van der Waals surface area contributed by atoms with Crippen LogP contribution in [0.15, 0.2) is 47.4 Å². The van der Waals surface area contributed by atoms with Crippen molar-refractivity contribution in [2.45, 2.75) is 18.4 Å². The number of hydrogen-bond acceptors (Lipinski definition) is 5. The molecule has 0 unspecified atom stereocenters. The number of halogens is 1. The van der Waals surface area contributed by atoms with E-state index in [1.165, 1.54) is 15.4 Å². The molecule has 2 aromatic carbocycles. The molecule has 0 radical (unpaired) electrons. The molecule has 0 N–H and O–H groups in total. The lowest BCUT2D eigenvalue weighted by Gasteiger charge is -2.34. The van der Waals surface area contributed by atoms with E-state index < -0.39 is 26.5 Å². The van der Waals surface area contributed by atoms with Gasteiger partial charge in [0.1, 0.15) is 0 Å². The number of nitro benzene ring substituents is 1. The maximum absolute atomic E-state index is 13.5. The Morgan fingerprint density at radius 2 is 1.81 bits per heavy atom. The Hall–Kier alpha value is -2.36. The van der Waals surface area contributed by atoms with Crippen molar-refractivity contribution in [2.75, 3.05) is 26.2 Å². The van der Waals surface area contributed by atoms with E-state index >= 15 is 0 Å². The van der Waals surface area contributed by atoms with Crippen LogP contribution in [0.5, 0.6) is 0 Å². The Morgan fingerprint density at radius 1 is 1.11 bits per heavy atom. The van der Waals surface area contributed by atoms with Crippen molar-refractivity contribution in [2.24, 2.45) is 0 Å². The highest BCUT2D eigenvalue weighted by Crippen LogP contribution is 2.25. The molecule has 0 aliphatic carbocycles. The number of nitrogens with zero attached hydrogens (tertiary/aromatic N) is 3. The molecule has 27 heavy (non-hydrogen) atoms. The largest absolute Gasteiger partial charge is 0.306 e. The Balaban J connectivity index is 1.69. The Morgan fingerprint density at radius 3 is 2.44 bits per heavy atom. The molecular weight excluding hydrogens is 373 g/mol. The van der Waals surface area contributed by atoms with Gasteiger partial charge in [0.2, 0.25) is 15.8 Å². The van der Waals surface area contributed by atoms with Gasteiger partial charge in [-0.15, -0.1) is 0 Å². The number of rotatable bonds is 5. The number of benzene rings is 2. The van der Waals surface area contributed by atoms with Crippen molar-refractivity contribution in [3.05, 3.63) is 69.5 Å². The first-order valence-electron chi connectivity index (χ1n) is 8.49. The standard InChI is InChI=1S/C18H20FN3O4S/c1-14-3-2-4-15(11-14)13-20-7-9-21(10-8-20)27(25,26)16-5-6-17(19)18(12-16)22(23)24/h2-6,11-12H,7-10,13H2,1H3. The van der Waals surface area contributed by atoms with Gasteiger partial charge in [0.05, 0.1) is 9.82 Å². The number of nitro groups is 1. The van der Waals surface area contributed by atoms with Crippen LogP contribution in [0, 0.1) is 22.9 Å². The summed E-state index contributed by atoms with van der Waals surface area (Å²) in [6.45, 7) is 4.42. The van der Waals surface area contributed by atoms with Crippen molar-refractivity contribution in [1.29, 1.82) is 0 Å². The zero-order valence-corrected chi connectivity index (χ0v) is 15.7. The first kappa shape index (κ1) is 19.4. The van der Waals surface area contributed by atoms with Crippen molar-refractivity contribution in [1.82, 2.24) is 9.21 Å². The van der Waals surface area contributed by atoms with Crippen LogP contribution in [0.1, 0.15) is 11.1 Å². The Kier molecular flexibility index (Phi) is 5.54. The van der Waals surface area contributed by atoms with Crippen molar-refractivity contribution < 1.29 is 17.7 Å². The molecule has 0 atom stereocenters. The second-order valence-electron chi connectivity index (χ2n) is 6.54. The lowest BCUT2D eigenvalue weighted by Crippen LogP contribution is -2.48. The second-order valence-corrected chi connectivity index (χ2v) is 8.48. The van der Waals surface area contributed by atoms with Gasteiger partial charge in [-0.1, -0.05) is 29.8 Å². The molecule has 1 aliphatic rings. The number of sulfonamides is 1. The van der Waals surface area contributed by atoms with Crippen LogP contribution in [-0.4, -0.2) is 48.7 Å². The number of hydrogen-bond donors (Lipinski definition) is 0. The van der Waals surface area contributed by atoms with E-state index in [1.54, 1.807) is 0 Å². The summed E-state index contributed by atoms with van der Waals surface area (Å²) in [7, 11) is -3.90. The van der Waals surface area contributed by atoms with Gasteiger partial charge in [0.15, 0.2) is 0 Å². The summed E-state index contributed by atoms with van der Waals surface area (Å²) in [4.78, 5) is 11.8. The summed E-state index contributed by atoms with van der Waals surface area (Å²) < 4.78 is 40.3. The monoisotopic (exact) mass is 393 g/mol. The Bertz CT molecular complexity index is 957. The Labute approximate surface area is 157 Å². The third-order valence-corrected chi connectivity index (χ3v) is 6.47. The molecule has 0 saturated carbocycles. The highest BCUT2D eigenvalue weighted by molar-refractivity contribution is 7.89. The van der Waals surface area contributed by atoms with Crippen LogP contribution in [0.25, 0.3) is 0 Å². The molecule has 7 nitrogen and oxygen atoms in total. The lowest BCUT2D eigenvalue weighted by molar-refractivity contribution is -0.387. The first-order chi connectivity index (χ1) is 12.8. The van der Waals surface area contributed by atoms with Crippen LogP contribution >= 0.6 is 0 Å². The summed E-state index contributed by atoms with van der Waals surface area (Å²) in [5.41, 5.74) is 1.50. The lowest BCUT2D eigenvalue weighted by atomic mass is 10.1. The molecule has 1 aliphatic heterocycles. The molecule has 2 aromatic rings. The van der Waals surface area contributed by atoms with E-state index in [9.17, 15) is 22.9 Å². The molecule has 0 aromatic heterocycles. The van der Waals surface area contributed by atoms with E-state index in [0.717, 1.165) is 24.7 Å². The van der Waals surface area contributed by atoms with E-state index in [1.807, 2.05) is 25.1 Å². The zero-order chi connectivity index (χ0) is 19.6. The molecular formula is C18H20FN3O4S. The minimum atomic E-state index is -3.90. The highest BCUT2D eigenvalue weighted by Gasteiger charge is 2.30.